The van der Waals surface area contributed by atoms with Crippen molar-refractivity contribution in [2.75, 3.05) is 0 Å². The van der Waals surface area contributed by atoms with E-state index in [4.69, 9.17) is 0 Å². The third kappa shape index (κ3) is 4.13. The molecule has 2 N–H and O–H groups in total. The van der Waals surface area contributed by atoms with E-state index in [1.54, 1.807) is 9.44 Å². The van der Waals surface area contributed by atoms with Gasteiger partial charge in [-0.15, -0.1) is 0 Å². The lowest BCUT2D eigenvalue weighted by atomic mass is 10.3. The fourth-order valence-corrected chi connectivity index (χ4v) is 1.84. The van der Waals surface area contributed by atoms with Crippen molar-refractivity contribution in [1.82, 2.24) is 9.44 Å². The van der Waals surface area contributed by atoms with Crippen LogP contribution in [0.5, 0.6) is 0 Å². The van der Waals surface area contributed by atoms with E-state index in [1.807, 2.05) is 0 Å². The Morgan fingerprint density at radius 2 is 0.944 bits per heavy atom. The van der Waals surface area contributed by atoms with Gasteiger partial charge in [-0.25, -0.2) is 31.1 Å². The Morgan fingerprint density at radius 3 is 1.11 bits per heavy atom. The van der Waals surface area contributed by atoms with Crippen molar-refractivity contribution >= 4 is 26.1 Å². The van der Waals surface area contributed by atoms with Gasteiger partial charge in [0, 0.05) is 0 Å². The molecule has 0 heterocycles. The lowest BCUT2D eigenvalue weighted by Crippen LogP contribution is -2.51. The van der Waals surface area contributed by atoms with Crippen molar-refractivity contribution in [2.24, 2.45) is 0 Å². The highest BCUT2D eigenvalue weighted by Crippen LogP contribution is 2.14. The predicted molar refractivity (Wildman–Crippen MR) is 69.0 cm³/mol. The van der Waals surface area contributed by atoms with Crippen molar-refractivity contribution < 1.29 is 21.6 Å². The molecule has 0 aromatic rings. The molecule has 0 rings (SSSR count). The zero-order valence-electron chi connectivity index (χ0n) is 11.4. The SMILES string of the molecule is CC(C)(C)S(=O)(=O)NC(=O)NS(=O)(=O)C(C)(C)C. The maximum Gasteiger partial charge on any atom is 0.342 e. The first-order valence-corrected chi connectivity index (χ1v) is 8.15. The van der Waals surface area contributed by atoms with Crippen molar-refractivity contribution in [3.05, 3.63) is 0 Å². The first kappa shape index (κ1) is 17.2. The van der Waals surface area contributed by atoms with Crippen LogP contribution in [0.15, 0.2) is 0 Å². The minimum atomic E-state index is -3.94. The van der Waals surface area contributed by atoms with Gasteiger partial charge in [-0.3, -0.25) is 0 Å². The van der Waals surface area contributed by atoms with Gasteiger partial charge in [0.1, 0.15) is 0 Å². The Morgan fingerprint density at radius 1 is 0.722 bits per heavy atom. The first-order chi connectivity index (χ1) is 7.60. The van der Waals surface area contributed by atoms with Gasteiger partial charge in [0.15, 0.2) is 0 Å². The highest BCUT2D eigenvalue weighted by molar-refractivity contribution is 7.92. The minimum absolute atomic E-state index is 1.21. The molecule has 0 saturated carbocycles. The number of hydrogen-bond donors (Lipinski definition) is 2. The summed E-state index contributed by atoms with van der Waals surface area (Å²) in [5, 5.41) is 0. The first-order valence-electron chi connectivity index (χ1n) is 5.19. The number of sulfonamides is 2. The molecule has 0 aromatic heterocycles. The van der Waals surface area contributed by atoms with Gasteiger partial charge in [0.25, 0.3) is 0 Å². The van der Waals surface area contributed by atoms with Crippen LogP contribution in [-0.2, 0) is 20.0 Å². The van der Waals surface area contributed by atoms with Gasteiger partial charge < -0.3 is 0 Å². The molecule has 0 aliphatic heterocycles. The molecule has 0 aromatic carbocycles. The molecular formula is C9H20N2O5S2. The molecule has 0 bridgehead atoms. The van der Waals surface area contributed by atoms with Gasteiger partial charge >= 0.3 is 6.03 Å². The van der Waals surface area contributed by atoms with Crippen LogP contribution in [-0.4, -0.2) is 32.4 Å². The zero-order chi connectivity index (χ0) is 15.0. The Balaban J connectivity index is 4.98. The maximum atomic E-state index is 11.6. The van der Waals surface area contributed by atoms with E-state index >= 15 is 0 Å². The van der Waals surface area contributed by atoms with E-state index in [2.05, 4.69) is 0 Å². The normalized spacial score (nSPS) is 14.1. The van der Waals surface area contributed by atoms with Crippen LogP contribution >= 0.6 is 0 Å². The molecule has 0 aliphatic rings. The number of carbonyl (C=O) groups is 1. The van der Waals surface area contributed by atoms with Crippen LogP contribution in [0.3, 0.4) is 0 Å². The van der Waals surface area contributed by atoms with E-state index in [1.165, 1.54) is 41.5 Å². The van der Waals surface area contributed by atoms with Crippen LogP contribution < -0.4 is 9.44 Å². The molecule has 0 spiro atoms. The standard InChI is InChI=1S/C9H20N2O5S2/c1-8(2,3)17(13,14)10-7(12)11-18(15,16)9(4,5)6/h1-6H3,(H2,10,11,12). The lowest BCUT2D eigenvalue weighted by Gasteiger charge is -2.22. The summed E-state index contributed by atoms with van der Waals surface area (Å²) >= 11 is 0. The number of carbonyl (C=O) groups excluding carboxylic acids is 1. The Hall–Kier alpha value is -0.830. The fourth-order valence-electron chi connectivity index (χ4n) is 0.571. The number of rotatable bonds is 2. The van der Waals surface area contributed by atoms with E-state index in [0.717, 1.165) is 0 Å². The molecule has 0 fully saturated rings. The predicted octanol–water partition coefficient (Wildman–Crippen LogP) is 0.542. The van der Waals surface area contributed by atoms with E-state index in [-0.39, 0.29) is 0 Å². The number of hydrogen-bond acceptors (Lipinski definition) is 5. The molecule has 108 valence electrons. The van der Waals surface area contributed by atoms with E-state index in [9.17, 15) is 21.6 Å². The number of nitrogens with one attached hydrogen (secondary N) is 2. The third-order valence-electron chi connectivity index (χ3n) is 2.07. The molecule has 18 heavy (non-hydrogen) atoms. The summed E-state index contributed by atoms with van der Waals surface area (Å²) in [6, 6.07) is -1.28. The van der Waals surface area contributed by atoms with Crippen LogP contribution in [0, 0.1) is 0 Å². The second-order valence-corrected chi connectivity index (χ2v) is 10.6. The molecule has 0 aliphatic carbocycles. The molecule has 0 radical (unpaired) electrons. The number of amides is 2. The van der Waals surface area contributed by atoms with Gasteiger partial charge in [-0.1, -0.05) is 0 Å². The minimum Gasteiger partial charge on any atom is -0.247 e. The Bertz CT molecular complexity index is 472. The maximum absolute atomic E-state index is 11.6. The smallest absolute Gasteiger partial charge is 0.247 e. The van der Waals surface area contributed by atoms with Gasteiger partial charge in [-0.2, -0.15) is 0 Å². The molecular weight excluding hydrogens is 280 g/mol. The summed E-state index contributed by atoms with van der Waals surface area (Å²) in [6.45, 7) is 8.34. The highest BCUT2D eigenvalue weighted by atomic mass is 32.2. The Kier molecular flexibility index (Phi) is 4.47. The summed E-state index contributed by atoms with van der Waals surface area (Å²) in [5.41, 5.74) is 0. The van der Waals surface area contributed by atoms with Gasteiger partial charge in [0.2, 0.25) is 20.0 Å². The third-order valence-corrected chi connectivity index (χ3v) is 6.20. The summed E-state index contributed by atoms with van der Waals surface area (Å²) in [6.07, 6.45) is 0. The van der Waals surface area contributed by atoms with Gasteiger partial charge in [-0.05, 0) is 41.5 Å². The second-order valence-electron chi connectivity index (χ2n) is 5.76. The molecule has 9 heteroatoms. The summed E-state index contributed by atoms with van der Waals surface area (Å²) < 4.78 is 47.4. The quantitative estimate of drug-likeness (QED) is 0.773. The molecule has 2 amide bonds. The van der Waals surface area contributed by atoms with Crippen molar-refractivity contribution in [3.63, 3.8) is 0 Å². The summed E-state index contributed by atoms with van der Waals surface area (Å²) in [5.74, 6) is 0. The average Bonchev–Trinajstić information content (AvgIpc) is 1.95. The van der Waals surface area contributed by atoms with E-state index < -0.39 is 35.6 Å². The zero-order valence-corrected chi connectivity index (χ0v) is 13.0. The second kappa shape index (κ2) is 4.69. The van der Waals surface area contributed by atoms with Gasteiger partial charge in [0.05, 0.1) is 9.49 Å². The summed E-state index contributed by atoms with van der Waals surface area (Å²) in [4.78, 5) is 11.4. The topological polar surface area (TPSA) is 109 Å². The lowest BCUT2D eigenvalue weighted by molar-refractivity contribution is 0.250. The monoisotopic (exact) mass is 300 g/mol. The molecule has 0 saturated heterocycles. The number of urea groups is 1. The largest absolute Gasteiger partial charge is 0.342 e. The van der Waals surface area contributed by atoms with Crippen LogP contribution in [0.1, 0.15) is 41.5 Å². The summed E-state index contributed by atoms with van der Waals surface area (Å²) in [7, 11) is -7.88. The molecule has 7 nitrogen and oxygen atoms in total. The Labute approximate surface area is 108 Å². The van der Waals surface area contributed by atoms with Crippen molar-refractivity contribution in [2.45, 2.75) is 51.0 Å². The van der Waals surface area contributed by atoms with E-state index in [0.29, 0.717) is 0 Å². The van der Waals surface area contributed by atoms with Crippen molar-refractivity contribution in [3.8, 4) is 0 Å². The van der Waals surface area contributed by atoms with Crippen LogP contribution in [0.25, 0.3) is 0 Å². The molecule has 0 atom stereocenters. The van der Waals surface area contributed by atoms with Crippen LogP contribution in [0.2, 0.25) is 0 Å². The fraction of sp³-hybridized carbons (Fsp3) is 0.889. The molecule has 0 unspecified atom stereocenters. The average molecular weight is 300 g/mol. The highest BCUT2D eigenvalue weighted by Gasteiger charge is 2.34. The van der Waals surface area contributed by atoms with Crippen molar-refractivity contribution in [1.29, 1.82) is 0 Å². The van der Waals surface area contributed by atoms with Crippen LogP contribution in [0.4, 0.5) is 4.79 Å².